The van der Waals surface area contributed by atoms with E-state index in [0.29, 0.717) is 23.8 Å². The van der Waals surface area contributed by atoms with Crippen LogP contribution in [0.1, 0.15) is 36.5 Å². The van der Waals surface area contributed by atoms with Crippen molar-refractivity contribution in [2.45, 2.75) is 37.0 Å². The van der Waals surface area contributed by atoms with E-state index in [1.165, 1.54) is 0 Å². The Hall–Kier alpha value is -1.73. The first-order chi connectivity index (χ1) is 11.1. The van der Waals surface area contributed by atoms with E-state index in [1.807, 2.05) is 12.1 Å². The van der Waals surface area contributed by atoms with Gasteiger partial charge in [0.05, 0.1) is 17.3 Å². The molecule has 1 fully saturated rings. The van der Waals surface area contributed by atoms with Crippen LogP contribution in [0.5, 0.6) is 0 Å². The maximum atomic E-state index is 11.8. The fourth-order valence-corrected chi connectivity index (χ4v) is 3.44. The first-order valence-corrected chi connectivity index (χ1v) is 9.45. The van der Waals surface area contributed by atoms with Gasteiger partial charge in [0.1, 0.15) is 0 Å². The summed E-state index contributed by atoms with van der Waals surface area (Å²) in [7, 11) is -3.14. The van der Waals surface area contributed by atoms with Crippen molar-refractivity contribution in [1.29, 1.82) is 0 Å². The quantitative estimate of drug-likeness (QED) is 0.804. The second kappa shape index (κ2) is 6.80. The number of nitrogens with zero attached hydrogens (tertiary/aromatic N) is 2. The summed E-state index contributed by atoms with van der Waals surface area (Å²) in [6.45, 7) is 3.06. The van der Waals surface area contributed by atoms with Crippen LogP contribution in [0.25, 0.3) is 0 Å². The summed E-state index contributed by atoms with van der Waals surface area (Å²) in [6, 6.07) is 6.99. The molecule has 0 bridgehead atoms. The van der Waals surface area contributed by atoms with Gasteiger partial charge in [-0.2, -0.15) is 4.98 Å². The Morgan fingerprint density at radius 1 is 1.22 bits per heavy atom. The van der Waals surface area contributed by atoms with E-state index in [0.717, 1.165) is 30.8 Å². The molecule has 1 aromatic heterocycles. The van der Waals surface area contributed by atoms with Gasteiger partial charge in [0.15, 0.2) is 15.7 Å². The summed E-state index contributed by atoms with van der Waals surface area (Å²) < 4.78 is 34.2. The van der Waals surface area contributed by atoms with Gasteiger partial charge in [-0.3, -0.25) is 0 Å². The van der Waals surface area contributed by atoms with Gasteiger partial charge in [0.25, 0.3) is 0 Å². The van der Waals surface area contributed by atoms with Crippen LogP contribution in [0.3, 0.4) is 0 Å². The van der Waals surface area contributed by atoms with Crippen molar-refractivity contribution in [3.63, 3.8) is 0 Å². The van der Waals surface area contributed by atoms with Crippen molar-refractivity contribution in [3.8, 4) is 0 Å². The first-order valence-electron chi connectivity index (χ1n) is 7.80. The molecule has 2 heterocycles. The summed E-state index contributed by atoms with van der Waals surface area (Å²) in [5.74, 6) is 1.69. The third-order valence-electron chi connectivity index (χ3n) is 4.07. The van der Waals surface area contributed by atoms with E-state index >= 15 is 0 Å². The predicted molar refractivity (Wildman–Crippen MR) is 84.1 cm³/mol. The first kappa shape index (κ1) is 16.1. The number of aromatic nitrogens is 2. The molecule has 0 unspecified atom stereocenters. The SMILES string of the molecule is CCS(=O)(=O)c1ccc(CCc2nc([C@H]3CCOC3)no2)cc1. The number of aryl methyl sites for hydroxylation is 2. The molecule has 7 heteroatoms. The van der Waals surface area contributed by atoms with E-state index in [9.17, 15) is 8.42 Å². The van der Waals surface area contributed by atoms with Crippen LogP contribution in [0.4, 0.5) is 0 Å². The minimum Gasteiger partial charge on any atom is -0.381 e. The molecule has 23 heavy (non-hydrogen) atoms. The molecule has 1 saturated heterocycles. The summed E-state index contributed by atoms with van der Waals surface area (Å²) in [5, 5.41) is 4.02. The van der Waals surface area contributed by atoms with E-state index < -0.39 is 9.84 Å². The van der Waals surface area contributed by atoms with E-state index in [1.54, 1.807) is 19.1 Å². The fraction of sp³-hybridized carbons (Fsp3) is 0.500. The van der Waals surface area contributed by atoms with Crippen LogP contribution in [0.2, 0.25) is 0 Å². The molecule has 0 radical (unpaired) electrons. The molecule has 1 aliphatic heterocycles. The molecule has 1 aliphatic rings. The lowest BCUT2D eigenvalue weighted by atomic mass is 10.1. The molecular weight excluding hydrogens is 316 g/mol. The Labute approximate surface area is 135 Å². The highest BCUT2D eigenvalue weighted by molar-refractivity contribution is 7.91. The summed E-state index contributed by atoms with van der Waals surface area (Å²) in [6.07, 6.45) is 2.31. The number of rotatable bonds is 6. The average Bonchev–Trinajstić information content (AvgIpc) is 3.24. The van der Waals surface area contributed by atoms with Crippen LogP contribution in [0.15, 0.2) is 33.7 Å². The lowest BCUT2D eigenvalue weighted by Crippen LogP contribution is -2.03. The second-order valence-electron chi connectivity index (χ2n) is 5.65. The van der Waals surface area contributed by atoms with Gasteiger partial charge in [-0.1, -0.05) is 24.2 Å². The van der Waals surface area contributed by atoms with Crippen molar-refractivity contribution < 1.29 is 17.7 Å². The molecule has 0 amide bonds. The van der Waals surface area contributed by atoms with Gasteiger partial charge in [-0.15, -0.1) is 0 Å². The monoisotopic (exact) mass is 336 g/mol. The molecule has 0 aliphatic carbocycles. The maximum Gasteiger partial charge on any atom is 0.226 e. The van der Waals surface area contributed by atoms with Crippen molar-refractivity contribution in [1.82, 2.24) is 10.1 Å². The van der Waals surface area contributed by atoms with E-state index in [2.05, 4.69) is 10.1 Å². The van der Waals surface area contributed by atoms with Crippen LogP contribution < -0.4 is 0 Å². The van der Waals surface area contributed by atoms with Crippen LogP contribution in [0, 0.1) is 0 Å². The molecule has 6 nitrogen and oxygen atoms in total. The lowest BCUT2D eigenvalue weighted by molar-refractivity contribution is 0.192. The van der Waals surface area contributed by atoms with E-state index in [-0.39, 0.29) is 11.7 Å². The smallest absolute Gasteiger partial charge is 0.226 e. The zero-order valence-electron chi connectivity index (χ0n) is 13.1. The Morgan fingerprint density at radius 3 is 2.65 bits per heavy atom. The molecule has 1 aromatic carbocycles. The molecule has 2 aromatic rings. The number of ether oxygens (including phenoxy) is 1. The number of sulfone groups is 1. The largest absolute Gasteiger partial charge is 0.381 e. The molecule has 1 atom stereocenters. The third-order valence-corrected chi connectivity index (χ3v) is 5.82. The van der Waals surface area contributed by atoms with Gasteiger partial charge in [-0.25, -0.2) is 8.42 Å². The van der Waals surface area contributed by atoms with Crippen molar-refractivity contribution in [2.24, 2.45) is 0 Å². The van der Waals surface area contributed by atoms with Gasteiger partial charge in [0, 0.05) is 18.9 Å². The molecule has 3 rings (SSSR count). The lowest BCUT2D eigenvalue weighted by Gasteiger charge is -2.03. The minimum atomic E-state index is -3.14. The topological polar surface area (TPSA) is 82.3 Å². The molecule has 124 valence electrons. The number of hydrogen-bond donors (Lipinski definition) is 0. The Morgan fingerprint density at radius 2 is 2.00 bits per heavy atom. The van der Waals surface area contributed by atoms with Crippen molar-refractivity contribution in [2.75, 3.05) is 19.0 Å². The zero-order chi connectivity index (χ0) is 16.3. The Bertz CT molecular complexity index is 747. The molecule has 0 N–H and O–H groups in total. The number of benzene rings is 1. The highest BCUT2D eigenvalue weighted by atomic mass is 32.2. The average molecular weight is 336 g/mol. The minimum absolute atomic E-state index is 0.113. The van der Waals surface area contributed by atoms with Crippen molar-refractivity contribution in [3.05, 3.63) is 41.5 Å². The highest BCUT2D eigenvalue weighted by Crippen LogP contribution is 2.22. The molecular formula is C16H20N2O4S. The normalized spacial score (nSPS) is 18.4. The van der Waals surface area contributed by atoms with Crippen LogP contribution >= 0.6 is 0 Å². The third kappa shape index (κ3) is 3.79. The highest BCUT2D eigenvalue weighted by Gasteiger charge is 2.23. The second-order valence-corrected chi connectivity index (χ2v) is 7.93. The van der Waals surface area contributed by atoms with E-state index in [4.69, 9.17) is 9.26 Å². The molecule has 0 spiro atoms. The number of hydrogen-bond acceptors (Lipinski definition) is 6. The Balaban J connectivity index is 1.60. The van der Waals surface area contributed by atoms with Gasteiger partial charge >= 0.3 is 0 Å². The maximum absolute atomic E-state index is 11.8. The van der Waals surface area contributed by atoms with Crippen LogP contribution in [-0.4, -0.2) is 37.5 Å². The summed E-state index contributed by atoms with van der Waals surface area (Å²) >= 11 is 0. The summed E-state index contributed by atoms with van der Waals surface area (Å²) in [4.78, 5) is 4.79. The standard InChI is InChI=1S/C16H20N2O4S/c1-2-23(19,20)14-6-3-12(4-7-14)5-8-15-17-16(18-22-15)13-9-10-21-11-13/h3-4,6-7,13H,2,5,8-11H2,1H3/t13-/m0/s1. The predicted octanol–water partition coefficient (Wildman–Crippen LogP) is 2.15. The van der Waals surface area contributed by atoms with Crippen LogP contribution in [-0.2, 0) is 27.4 Å². The van der Waals surface area contributed by atoms with Gasteiger partial charge in [0.2, 0.25) is 5.89 Å². The van der Waals surface area contributed by atoms with Gasteiger partial charge < -0.3 is 9.26 Å². The summed E-state index contributed by atoms with van der Waals surface area (Å²) in [5.41, 5.74) is 1.05. The van der Waals surface area contributed by atoms with Crippen molar-refractivity contribution >= 4 is 9.84 Å². The molecule has 0 saturated carbocycles. The zero-order valence-corrected chi connectivity index (χ0v) is 13.9. The fourth-order valence-electron chi connectivity index (χ4n) is 2.55. The van der Waals surface area contributed by atoms with Gasteiger partial charge in [-0.05, 0) is 30.5 Å². The Kier molecular flexibility index (Phi) is 4.77.